The molecule has 22 fully saturated rings. The van der Waals surface area contributed by atoms with Crippen molar-refractivity contribution in [2.45, 2.75) is 229 Å². The van der Waals surface area contributed by atoms with Crippen LogP contribution >= 0.6 is 0 Å². The van der Waals surface area contributed by atoms with Gasteiger partial charge >= 0.3 is 0 Å². The summed E-state index contributed by atoms with van der Waals surface area (Å²) in [4.78, 5) is 0. The summed E-state index contributed by atoms with van der Waals surface area (Å²) >= 11 is 0. The van der Waals surface area contributed by atoms with Crippen molar-refractivity contribution in [2.75, 3.05) is 19.8 Å². The van der Waals surface area contributed by atoms with E-state index in [2.05, 4.69) is 0 Å². The summed E-state index contributed by atoms with van der Waals surface area (Å²) in [6, 6.07) is 0. The second-order valence-corrected chi connectivity index (χ2v) is 19.7. The summed E-state index contributed by atoms with van der Waals surface area (Å²) < 4.78 is 76.3. The standard InChI is InChI=1S/C45H78O21/c1-10-22-34-16(4)18(6)40(55-22)63-37-24(12-3)57-44(32(53)30(37)51)65-36-23(11-2)56-42(20(8)28(36)49)62-35-17(5)19(7)41(58-25(35)13-46)64-39-27(15-48)60-45(33(54)31(39)52)66-38-26(14-47)59-43(61-34)21(9)29(38)50/h16-54H,10-15H2,1-9H3/t16-,17-,18-,19-,20-,21-,22-,23-,24-,25-,26-,27-,28-,29-,30-,31-,32-,33-,34?,35?,36?,37?,38?,39?,40?,41?,42?,43?,44?,45?/m1/s1. The van der Waals surface area contributed by atoms with Crippen molar-refractivity contribution >= 4 is 0 Å². The van der Waals surface area contributed by atoms with Crippen LogP contribution in [0.1, 0.15) is 81.6 Å². The molecule has 0 saturated carbocycles. The molecule has 66 heavy (non-hydrogen) atoms. The zero-order chi connectivity index (χ0) is 48.0. The number of hydrogen-bond acceptors (Lipinski definition) is 21. The molecule has 30 atom stereocenters. The van der Waals surface area contributed by atoms with Crippen LogP contribution in [0.2, 0.25) is 0 Å². The fraction of sp³-hybridized carbons (Fsp3) is 1.00. The molecule has 0 amide bonds. The van der Waals surface area contributed by atoms with Crippen molar-refractivity contribution in [1.29, 1.82) is 0 Å². The molecule has 384 valence electrons. The number of aliphatic hydroxyl groups excluding tert-OH is 9. The van der Waals surface area contributed by atoms with E-state index in [1.54, 1.807) is 13.8 Å². The average Bonchev–Trinajstić information content (AvgIpc) is 3.31. The molecule has 22 aliphatic rings. The Bertz CT molecular complexity index is 1230. The van der Waals surface area contributed by atoms with Crippen molar-refractivity contribution in [3.05, 3.63) is 0 Å². The molecule has 12 unspecified atom stereocenters. The molecule has 21 heteroatoms. The predicted octanol–water partition coefficient (Wildman–Crippen LogP) is -1.15. The maximum absolute atomic E-state index is 11.8. The van der Waals surface area contributed by atoms with Gasteiger partial charge in [-0.3, -0.25) is 0 Å². The summed E-state index contributed by atoms with van der Waals surface area (Å²) in [6.07, 6.45) is -26.5. The summed E-state index contributed by atoms with van der Waals surface area (Å²) in [5.41, 5.74) is 0. The summed E-state index contributed by atoms with van der Waals surface area (Å²) in [5, 5.41) is 101. The minimum absolute atomic E-state index is 0.251. The second kappa shape index (κ2) is 22.3. The topological polar surface area (TPSA) is 293 Å². The third-order valence-electron chi connectivity index (χ3n) is 15.6. The third-order valence-corrected chi connectivity index (χ3v) is 15.6. The van der Waals surface area contributed by atoms with Crippen LogP contribution in [0.3, 0.4) is 0 Å². The number of hydrogen-bond donors (Lipinski definition) is 9. The van der Waals surface area contributed by atoms with E-state index < -0.39 is 191 Å². The predicted molar refractivity (Wildman–Crippen MR) is 224 cm³/mol. The first-order chi connectivity index (χ1) is 31.4. The van der Waals surface area contributed by atoms with Gasteiger partial charge in [0.2, 0.25) is 0 Å². The third kappa shape index (κ3) is 10.1. The van der Waals surface area contributed by atoms with Gasteiger partial charge in [-0.25, -0.2) is 0 Å². The summed E-state index contributed by atoms with van der Waals surface area (Å²) in [7, 11) is 0. The summed E-state index contributed by atoms with van der Waals surface area (Å²) in [5.74, 6) is -2.95. The highest BCUT2D eigenvalue weighted by molar-refractivity contribution is 4.99. The molecule has 22 saturated heterocycles. The quantitative estimate of drug-likeness (QED) is 0.152. The van der Waals surface area contributed by atoms with E-state index in [1.165, 1.54) is 0 Å². The van der Waals surface area contributed by atoms with E-state index in [9.17, 15) is 46.0 Å². The van der Waals surface area contributed by atoms with Crippen LogP contribution in [0.25, 0.3) is 0 Å². The SMILES string of the molecule is CC[C@H]1OC2OC3[C@@H](CC)OC(OC4[C@@H](CC)OC(OC5[C@@H](CO)OC(OC6[C@@H](CO)OC(OC7[C@@H](CO)OC(OC1[C@H](C)[C@H]2C)[C@H](C)[C@H]7O)[C@H](O)[C@H]6O)[C@H](C)[C@H]5C)[C@H](C)[C@H]4O)[C@H](O)[C@H]3O. The average molecular weight is 955 g/mol. The number of rotatable bonds is 6. The zero-order valence-corrected chi connectivity index (χ0v) is 39.5. The number of aliphatic hydroxyl groups is 9. The molecule has 9 N–H and O–H groups in total. The lowest BCUT2D eigenvalue weighted by molar-refractivity contribution is -0.391. The second-order valence-electron chi connectivity index (χ2n) is 19.7. The van der Waals surface area contributed by atoms with E-state index >= 15 is 0 Å². The Balaban J connectivity index is 1.19. The van der Waals surface area contributed by atoms with Crippen molar-refractivity contribution < 1.29 is 103 Å². The van der Waals surface area contributed by atoms with E-state index in [4.69, 9.17) is 56.8 Å². The lowest BCUT2D eigenvalue weighted by Gasteiger charge is -2.52. The molecule has 21 nitrogen and oxygen atoms in total. The largest absolute Gasteiger partial charge is 0.394 e. The molecular weight excluding hydrogens is 876 g/mol. The molecule has 12 bridgehead atoms. The monoisotopic (exact) mass is 955 g/mol. The van der Waals surface area contributed by atoms with Crippen molar-refractivity contribution in [2.24, 2.45) is 35.5 Å². The smallest absolute Gasteiger partial charge is 0.187 e. The van der Waals surface area contributed by atoms with Crippen LogP contribution in [0.15, 0.2) is 0 Å². The first kappa shape index (κ1) is 53.0. The molecule has 0 aromatic carbocycles. The molecule has 0 spiro atoms. The van der Waals surface area contributed by atoms with Gasteiger partial charge in [0.05, 0.1) is 62.5 Å². The lowest BCUT2D eigenvalue weighted by atomic mass is 9.83. The molecule has 22 rings (SSSR count). The van der Waals surface area contributed by atoms with Crippen LogP contribution in [-0.2, 0) is 56.8 Å². The lowest BCUT2D eigenvalue weighted by Crippen LogP contribution is -2.66. The zero-order valence-electron chi connectivity index (χ0n) is 39.5. The van der Waals surface area contributed by atoms with Gasteiger partial charge in [-0.15, -0.1) is 0 Å². The summed E-state index contributed by atoms with van der Waals surface area (Å²) in [6.45, 7) is 14.7. The van der Waals surface area contributed by atoms with Crippen LogP contribution in [0.5, 0.6) is 0 Å². The van der Waals surface area contributed by atoms with E-state index in [0.717, 1.165) is 0 Å². The Labute approximate surface area is 386 Å². The van der Waals surface area contributed by atoms with Gasteiger partial charge in [-0.05, 0) is 31.1 Å². The molecule has 22 aliphatic heterocycles. The van der Waals surface area contributed by atoms with Crippen molar-refractivity contribution in [3.63, 3.8) is 0 Å². The first-order valence-corrected chi connectivity index (χ1v) is 24.2. The minimum atomic E-state index is -1.77. The van der Waals surface area contributed by atoms with E-state index in [1.807, 2.05) is 48.5 Å². The van der Waals surface area contributed by atoms with Gasteiger partial charge in [0.15, 0.2) is 37.7 Å². The normalized spacial score (nSPS) is 55.4. The highest BCUT2D eigenvalue weighted by atomic mass is 16.8. The molecule has 0 aromatic rings. The van der Waals surface area contributed by atoms with E-state index in [-0.39, 0.29) is 11.8 Å². The maximum Gasteiger partial charge on any atom is 0.187 e. The Morgan fingerprint density at radius 1 is 0.258 bits per heavy atom. The number of ether oxygens (including phenoxy) is 12. The van der Waals surface area contributed by atoms with Crippen LogP contribution in [0, 0.1) is 35.5 Å². The van der Waals surface area contributed by atoms with Crippen LogP contribution in [-0.4, -0.2) is 213 Å². The van der Waals surface area contributed by atoms with Crippen LogP contribution in [0.4, 0.5) is 0 Å². The van der Waals surface area contributed by atoms with E-state index in [0.29, 0.717) is 19.3 Å². The fourth-order valence-corrected chi connectivity index (χ4v) is 10.7. The Kier molecular flexibility index (Phi) is 17.9. The molecule has 0 aromatic heterocycles. The van der Waals surface area contributed by atoms with Crippen LogP contribution < -0.4 is 0 Å². The van der Waals surface area contributed by atoms with Crippen molar-refractivity contribution in [1.82, 2.24) is 0 Å². The Hall–Kier alpha value is -0.840. The maximum atomic E-state index is 11.8. The van der Waals surface area contributed by atoms with Gasteiger partial charge < -0.3 is 103 Å². The molecule has 22 heterocycles. The van der Waals surface area contributed by atoms with Gasteiger partial charge in [-0.1, -0.05) is 62.3 Å². The molecule has 0 radical (unpaired) electrons. The van der Waals surface area contributed by atoms with Gasteiger partial charge in [0.25, 0.3) is 0 Å². The Morgan fingerprint density at radius 3 is 0.894 bits per heavy atom. The Morgan fingerprint density at radius 2 is 0.500 bits per heavy atom. The van der Waals surface area contributed by atoms with Gasteiger partial charge in [-0.2, -0.15) is 0 Å². The van der Waals surface area contributed by atoms with Gasteiger partial charge in [0.1, 0.15) is 67.1 Å². The highest BCUT2D eigenvalue weighted by Gasteiger charge is 2.57. The van der Waals surface area contributed by atoms with Crippen molar-refractivity contribution in [3.8, 4) is 0 Å². The minimum Gasteiger partial charge on any atom is -0.394 e. The highest BCUT2D eigenvalue weighted by Crippen LogP contribution is 2.43. The molecule has 0 aliphatic carbocycles. The fourth-order valence-electron chi connectivity index (χ4n) is 10.7. The first-order valence-electron chi connectivity index (χ1n) is 24.2. The molecular formula is C45H78O21. The van der Waals surface area contributed by atoms with Gasteiger partial charge in [0, 0.05) is 23.7 Å².